The molecule has 1 unspecified atom stereocenters. The third-order valence-electron chi connectivity index (χ3n) is 4.40. The molecule has 2 heterocycles. The Hall–Kier alpha value is -1.99. The van der Waals surface area contributed by atoms with Crippen LogP contribution in [0.5, 0.6) is 0 Å². The van der Waals surface area contributed by atoms with Gasteiger partial charge in [-0.1, -0.05) is 6.92 Å². The maximum Gasteiger partial charge on any atom is 0.349 e. The van der Waals surface area contributed by atoms with Gasteiger partial charge in [-0.05, 0) is 27.2 Å². The largest absolute Gasteiger partial charge is 0.465 e. The van der Waals surface area contributed by atoms with Gasteiger partial charge in [-0.25, -0.2) is 18.2 Å². The van der Waals surface area contributed by atoms with Crippen LogP contribution in [-0.4, -0.2) is 65.4 Å². The lowest BCUT2D eigenvalue weighted by atomic mass is 10.1. The molecule has 13 heteroatoms. The van der Waals surface area contributed by atoms with Gasteiger partial charge < -0.3 is 10.1 Å². The predicted molar refractivity (Wildman–Crippen MR) is 115 cm³/mol. The summed E-state index contributed by atoms with van der Waals surface area (Å²) in [6.45, 7) is 7.40. The fourth-order valence-corrected chi connectivity index (χ4v) is 7.28. The Morgan fingerprint density at radius 1 is 1.37 bits per heavy atom. The van der Waals surface area contributed by atoms with Gasteiger partial charge in [-0.2, -0.15) is 13.5 Å². The molecular formula is C17H26N4O6S3. The normalized spacial score (nSPS) is 17.6. The average Bonchev–Trinajstić information content (AvgIpc) is 3.34. The third-order valence-corrected chi connectivity index (χ3v) is 9.30. The fourth-order valence-electron chi connectivity index (χ4n) is 2.61. The highest BCUT2D eigenvalue weighted by Gasteiger charge is 2.36. The highest BCUT2D eigenvalue weighted by Crippen LogP contribution is 2.35. The number of sulfone groups is 1. The van der Waals surface area contributed by atoms with Crippen LogP contribution in [0.4, 0.5) is 0 Å². The molecule has 1 aromatic heterocycles. The molecule has 0 saturated heterocycles. The van der Waals surface area contributed by atoms with E-state index in [9.17, 15) is 21.6 Å². The van der Waals surface area contributed by atoms with Crippen molar-refractivity contribution in [3.05, 3.63) is 10.3 Å². The van der Waals surface area contributed by atoms with Gasteiger partial charge in [0.2, 0.25) is 5.96 Å². The first-order valence-electron chi connectivity index (χ1n) is 9.33. The number of hydrogen-bond acceptors (Lipinski definition) is 8. The van der Waals surface area contributed by atoms with Crippen LogP contribution >= 0.6 is 11.3 Å². The standard InChI is InChI=1S/C17H26N4O6S3/c1-6-12-8-19-21(9-12)17(18-7-2)20-30(25,26)15-13(29(23,24)11(3)4)10-28-14(15)16(22)27-5/h8,10-12H,6-7,9H2,1-5H3,(H,18,20). The number of ether oxygens (including phenoxy) is 1. The van der Waals surface area contributed by atoms with Gasteiger partial charge in [0.15, 0.2) is 9.84 Å². The number of methoxy groups -OCH3 is 1. The summed E-state index contributed by atoms with van der Waals surface area (Å²) < 4.78 is 60.5. The lowest BCUT2D eigenvalue weighted by molar-refractivity contribution is 0.0602. The molecule has 0 bridgehead atoms. The van der Waals surface area contributed by atoms with Gasteiger partial charge in [-0.3, -0.25) is 0 Å². The molecule has 1 aliphatic heterocycles. The van der Waals surface area contributed by atoms with E-state index >= 15 is 0 Å². The zero-order valence-electron chi connectivity index (χ0n) is 17.4. The molecule has 0 aliphatic carbocycles. The Labute approximate surface area is 181 Å². The minimum atomic E-state index is -4.59. The van der Waals surface area contributed by atoms with Gasteiger partial charge >= 0.3 is 5.97 Å². The second kappa shape index (κ2) is 9.43. The molecule has 1 atom stereocenters. The third kappa shape index (κ3) is 4.83. The molecule has 10 nitrogen and oxygen atoms in total. The van der Waals surface area contributed by atoms with Crippen LogP contribution < -0.4 is 5.32 Å². The van der Waals surface area contributed by atoms with Crippen molar-refractivity contribution in [2.75, 3.05) is 20.2 Å². The Morgan fingerprint density at radius 3 is 2.53 bits per heavy atom. The summed E-state index contributed by atoms with van der Waals surface area (Å²) in [5.41, 5.74) is 0. The van der Waals surface area contributed by atoms with Crippen molar-refractivity contribution in [3.8, 4) is 0 Å². The summed E-state index contributed by atoms with van der Waals surface area (Å²) >= 11 is 0.691. The molecule has 0 saturated carbocycles. The average molecular weight is 479 g/mol. The van der Waals surface area contributed by atoms with E-state index in [1.54, 1.807) is 13.1 Å². The number of guanidine groups is 1. The van der Waals surface area contributed by atoms with E-state index in [0.717, 1.165) is 18.9 Å². The van der Waals surface area contributed by atoms with Crippen molar-refractivity contribution in [2.45, 2.75) is 49.2 Å². The number of carbonyl (C=O) groups excluding carboxylic acids is 1. The summed E-state index contributed by atoms with van der Waals surface area (Å²) in [6.07, 6.45) is 2.53. The molecule has 30 heavy (non-hydrogen) atoms. The summed E-state index contributed by atoms with van der Waals surface area (Å²) in [7, 11) is -7.50. The minimum absolute atomic E-state index is 0.0420. The quantitative estimate of drug-likeness (QED) is 0.355. The SMILES string of the molecule is CCN/C(=N\S(=O)(=O)c1c(S(=O)(=O)C(C)C)csc1C(=O)OC)N1CC(CC)C=N1. The van der Waals surface area contributed by atoms with Gasteiger partial charge in [0.1, 0.15) is 9.77 Å². The van der Waals surface area contributed by atoms with E-state index in [4.69, 9.17) is 0 Å². The van der Waals surface area contributed by atoms with E-state index < -0.39 is 40.9 Å². The number of sulfonamides is 1. The van der Waals surface area contributed by atoms with Crippen LogP contribution in [0, 0.1) is 5.92 Å². The number of esters is 1. The highest BCUT2D eigenvalue weighted by atomic mass is 32.2. The first-order valence-corrected chi connectivity index (χ1v) is 13.2. The van der Waals surface area contributed by atoms with E-state index in [0.29, 0.717) is 24.4 Å². The zero-order chi connectivity index (χ0) is 22.7. The molecular weight excluding hydrogens is 452 g/mol. The lowest BCUT2D eigenvalue weighted by Crippen LogP contribution is -2.38. The van der Waals surface area contributed by atoms with Crippen molar-refractivity contribution in [1.29, 1.82) is 0 Å². The van der Waals surface area contributed by atoms with Crippen molar-refractivity contribution >= 4 is 49.3 Å². The summed E-state index contributed by atoms with van der Waals surface area (Å²) in [6, 6.07) is 0. The van der Waals surface area contributed by atoms with E-state index in [2.05, 4.69) is 19.6 Å². The van der Waals surface area contributed by atoms with Crippen molar-refractivity contribution in [1.82, 2.24) is 10.3 Å². The topological polar surface area (TPSA) is 135 Å². The number of nitrogens with zero attached hydrogens (tertiary/aromatic N) is 3. The van der Waals surface area contributed by atoms with Gasteiger partial charge in [0.05, 0.1) is 23.8 Å². The van der Waals surface area contributed by atoms with Crippen LogP contribution in [0.1, 0.15) is 43.8 Å². The van der Waals surface area contributed by atoms with E-state index in [1.165, 1.54) is 18.9 Å². The Kier molecular flexibility index (Phi) is 7.64. The predicted octanol–water partition coefficient (Wildman–Crippen LogP) is 1.70. The van der Waals surface area contributed by atoms with Crippen LogP contribution in [0.15, 0.2) is 24.7 Å². The maximum absolute atomic E-state index is 13.2. The monoisotopic (exact) mass is 478 g/mol. The Morgan fingerprint density at radius 2 is 2.03 bits per heavy atom. The number of thiophene rings is 1. The first-order chi connectivity index (χ1) is 14.0. The highest BCUT2D eigenvalue weighted by molar-refractivity contribution is 7.94. The van der Waals surface area contributed by atoms with Gasteiger partial charge in [0, 0.05) is 24.1 Å². The summed E-state index contributed by atoms with van der Waals surface area (Å²) in [5.74, 6) is -0.853. The molecule has 0 aromatic carbocycles. The van der Waals surface area contributed by atoms with Crippen LogP contribution in [0.25, 0.3) is 0 Å². The van der Waals surface area contributed by atoms with Gasteiger partial charge in [0.25, 0.3) is 10.0 Å². The molecule has 2 rings (SSSR count). The Bertz CT molecular complexity index is 1060. The fraction of sp³-hybridized carbons (Fsp3) is 0.588. The first kappa shape index (κ1) is 24.3. The molecule has 0 amide bonds. The maximum atomic E-state index is 13.2. The molecule has 1 N–H and O–H groups in total. The molecule has 168 valence electrons. The van der Waals surface area contributed by atoms with E-state index in [-0.39, 0.29) is 16.8 Å². The molecule has 0 spiro atoms. The van der Waals surface area contributed by atoms with Crippen LogP contribution in [-0.2, 0) is 24.6 Å². The smallest absolute Gasteiger partial charge is 0.349 e. The lowest BCUT2D eigenvalue weighted by Gasteiger charge is -2.18. The minimum Gasteiger partial charge on any atom is -0.465 e. The van der Waals surface area contributed by atoms with Crippen molar-refractivity contribution in [3.63, 3.8) is 0 Å². The Balaban J connectivity index is 2.67. The second-order valence-corrected chi connectivity index (χ2v) is 11.7. The van der Waals surface area contributed by atoms with Gasteiger partial charge in [-0.15, -0.1) is 15.7 Å². The molecule has 1 aliphatic rings. The number of hydrogen-bond donors (Lipinski definition) is 1. The zero-order valence-corrected chi connectivity index (χ0v) is 19.9. The number of nitrogens with one attached hydrogen (secondary N) is 1. The van der Waals surface area contributed by atoms with Crippen LogP contribution in [0.3, 0.4) is 0 Å². The van der Waals surface area contributed by atoms with E-state index in [1.807, 2.05) is 6.92 Å². The molecule has 1 aromatic rings. The second-order valence-electron chi connectivity index (χ2n) is 6.78. The molecule has 0 radical (unpaired) electrons. The van der Waals surface area contributed by atoms with Crippen molar-refractivity contribution in [2.24, 2.45) is 15.4 Å². The summed E-state index contributed by atoms with van der Waals surface area (Å²) in [5, 5.41) is 8.70. The molecule has 0 fully saturated rings. The van der Waals surface area contributed by atoms with Crippen molar-refractivity contribution < 1.29 is 26.4 Å². The number of carbonyl (C=O) groups is 1. The van der Waals surface area contributed by atoms with Crippen LogP contribution in [0.2, 0.25) is 0 Å². The summed E-state index contributed by atoms with van der Waals surface area (Å²) in [4.78, 5) is 10.7. The number of hydrazone groups is 1. The number of rotatable bonds is 7.